The van der Waals surface area contributed by atoms with E-state index in [0.717, 1.165) is 44.9 Å². The molecule has 5 nitrogen and oxygen atoms in total. The Morgan fingerprint density at radius 1 is 1.23 bits per heavy atom. The van der Waals surface area contributed by atoms with E-state index in [4.69, 9.17) is 4.52 Å². The number of hydrogen-bond acceptors (Lipinski definition) is 5. The number of aromatic nitrogens is 2. The molecule has 1 aromatic heterocycles. The van der Waals surface area contributed by atoms with E-state index in [2.05, 4.69) is 20.4 Å². The Balaban J connectivity index is 0.00000196. The molecule has 0 spiro atoms. The number of halogens is 2. The lowest BCUT2D eigenvalue weighted by molar-refractivity contribution is 0.151. The molecule has 0 saturated carbocycles. The van der Waals surface area contributed by atoms with Crippen molar-refractivity contribution in [2.24, 2.45) is 5.92 Å². The van der Waals surface area contributed by atoms with Crippen molar-refractivity contribution >= 4 is 12.4 Å². The van der Waals surface area contributed by atoms with Crippen LogP contribution >= 0.6 is 12.4 Å². The molecule has 2 aromatic rings. The van der Waals surface area contributed by atoms with Gasteiger partial charge in [0.15, 0.2) is 0 Å². The normalized spacial score (nSPS) is 22.1. The molecule has 3 heterocycles. The summed E-state index contributed by atoms with van der Waals surface area (Å²) in [4.78, 5) is 7.10. The molecule has 26 heavy (non-hydrogen) atoms. The smallest absolute Gasteiger partial charge is 0.231 e. The highest BCUT2D eigenvalue weighted by atomic mass is 35.5. The third kappa shape index (κ3) is 4.61. The fourth-order valence-corrected chi connectivity index (χ4v) is 4.00. The summed E-state index contributed by atoms with van der Waals surface area (Å²) < 4.78 is 18.9. The summed E-state index contributed by atoms with van der Waals surface area (Å²) >= 11 is 0. The first-order chi connectivity index (χ1) is 12.3. The molecule has 0 radical (unpaired) electrons. The van der Waals surface area contributed by atoms with Crippen molar-refractivity contribution in [3.05, 3.63) is 36.0 Å². The Bertz CT molecular complexity index is 704. The van der Waals surface area contributed by atoms with E-state index in [1.54, 1.807) is 6.07 Å². The van der Waals surface area contributed by atoms with Crippen LogP contribution in [0, 0.1) is 11.7 Å². The summed E-state index contributed by atoms with van der Waals surface area (Å²) in [5.74, 6) is 1.96. The maximum atomic E-state index is 13.4. The monoisotopic (exact) mass is 380 g/mol. The number of rotatable bonds is 4. The van der Waals surface area contributed by atoms with Crippen molar-refractivity contribution in [1.29, 1.82) is 0 Å². The summed E-state index contributed by atoms with van der Waals surface area (Å²) in [6.07, 6.45) is 4.78. The molecular formula is C19H26ClFN4O. The molecule has 0 amide bonds. The van der Waals surface area contributed by atoms with E-state index < -0.39 is 0 Å². The molecule has 1 aromatic carbocycles. The van der Waals surface area contributed by atoms with E-state index in [-0.39, 0.29) is 24.1 Å². The van der Waals surface area contributed by atoms with Gasteiger partial charge in [0.2, 0.25) is 11.7 Å². The number of nitrogens with one attached hydrogen (secondary N) is 1. The SMILES string of the molecule is Cl.Fc1cccc(-c2noc(C3CCCN(CC4CCNCC4)C3)n2)c1. The van der Waals surface area contributed by atoms with Gasteiger partial charge in [-0.15, -0.1) is 12.4 Å². The molecule has 1 atom stereocenters. The summed E-state index contributed by atoms with van der Waals surface area (Å²) in [5, 5.41) is 7.49. The number of benzene rings is 1. The highest BCUT2D eigenvalue weighted by Crippen LogP contribution is 2.28. The third-order valence-electron chi connectivity index (χ3n) is 5.35. The van der Waals surface area contributed by atoms with Gasteiger partial charge in [-0.3, -0.25) is 0 Å². The average Bonchev–Trinajstić information content (AvgIpc) is 3.13. The van der Waals surface area contributed by atoms with Gasteiger partial charge in [-0.05, 0) is 63.4 Å². The quantitative estimate of drug-likeness (QED) is 0.880. The number of likely N-dealkylation sites (tertiary alicyclic amines) is 1. The molecule has 2 aliphatic rings. The van der Waals surface area contributed by atoms with E-state index in [9.17, 15) is 4.39 Å². The lowest BCUT2D eigenvalue weighted by Crippen LogP contribution is -2.40. The Hall–Kier alpha value is -1.50. The minimum absolute atomic E-state index is 0. The van der Waals surface area contributed by atoms with Crippen LogP contribution in [0.15, 0.2) is 28.8 Å². The van der Waals surface area contributed by atoms with Gasteiger partial charge in [0.1, 0.15) is 5.82 Å². The molecule has 1 N–H and O–H groups in total. The largest absolute Gasteiger partial charge is 0.339 e. The molecule has 0 bridgehead atoms. The van der Waals surface area contributed by atoms with Crippen molar-refractivity contribution < 1.29 is 8.91 Å². The minimum Gasteiger partial charge on any atom is -0.339 e. The highest BCUT2D eigenvalue weighted by Gasteiger charge is 2.28. The van der Waals surface area contributed by atoms with Gasteiger partial charge in [-0.25, -0.2) is 4.39 Å². The molecule has 7 heteroatoms. The predicted molar refractivity (Wildman–Crippen MR) is 101 cm³/mol. The van der Waals surface area contributed by atoms with Gasteiger partial charge >= 0.3 is 0 Å². The van der Waals surface area contributed by atoms with Gasteiger partial charge in [0, 0.05) is 18.7 Å². The Morgan fingerprint density at radius 2 is 2.08 bits per heavy atom. The second kappa shape index (κ2) is 8.93. The predicted octanol–water partition coefficient (Wildman–Crippen LogP) is 3.48. The molecule has 2 fully saturated rings. The van der Waals surface area contributed by atoms with Crippen LogP contribution < -0.4 is 5.32 Å². The summed E-state index contributed by atoms with van der Waals surface area (Å²) in [6, 6.07) is 6.34. The standard InChI is InChI=1S/C19H25FN4O.ClH/c20-17-5-1-3-15(11-17)18-22-19(25-23-18)16-4-2-10-24(13-16)12-14-6-8-21-9-7-14;/h1,3,5,11,14,16,21H,2,4,6-10,12-13H2;1H. The fourth-order valence-electron chi connectivity index (χ4n) is 4.00. The Kier molecular flexibility index (Phi) is 6.62. The molecule has 142 valence electrons. The first-order valence-electron chi connectivity index (χ1n) is 9.30. The van der Waals surface area contributed by atoms with Crippen LogP contribution in [0.4, 0.5) is 4.39 Å². The van der Waals surface area contributed by atoms with Gasteiger partial charge in [-0.1, -0.05) is 17.3 Å². The van der Waals surface area contributed by atoms with Crippen LogP contribution in [0.2, 0.25) is 0 Å². The van der Waals surface area contributed by atoms with E-state index in [1.165, 1.54) is 31.5 Å². The molecular weight excluding hydrogens is 355 g/mol. The van der Waals surface area contributed by atoms with Crippen LogP contribution in [0.5, 0.6) is 0 Å². The van der Waals surface area contributed by atoms with Crippen LogP contribution in [0.3, 0.4) is 0 Å². The van der Waals surface area contributed by atoms with Crippen molar-refractivity contribution in [2.45, 2.75) is 31.6 Å². The van der Waals surface area contributed by atoms with Gasteiger partial charge in [0.05, 0.1) is 5.92 Å². The van der Waals surface area contributed by atoms with Crippen LogP contribution in [0.25, 0.3) is 11.4 Å². The van der Waals surface area contributed by atoms with Crippen LogP contribution in [-0.2, 0) is 0 Å². The van der Waals surface area contributed by atoms with E-state index in [1.807, 2.05) is 6.07 Å². The minimum atomic E-state index is -0.283. The van der Waals surface area contributed by atoms with Crippen LogP contribution in [-0.4, -0.2) is 47.8 Å². The molecule has 4 rings (SSSR count). The van der Waals surface area contributed by atoms with E-state index >= 15 is 0 Å². The summed E-state index contributed by atoms with van der Waals surface area (Å²) in [7, 11) is 0. The maximum Gasteiger partial charge on any atom is 0.231 e. The van der Waals surface area contributed by atoms with Gasteiger partial charge < -0.3 is 14.7 Å². The first-order valence-corrected chi connectivity index (χ1v) is 9.30. The van der Waals surface area contributed by atoms with Crippen molar-refractivity contribution in [3.8, 4) is 11.4 Å². The van der Waals surface area contributed by atoms with Crippen molar-refractivity contribution in [1.82, 2.24) is 20.4 Å². The summed E-state index contributed by atoms with van der Waals surface area (Å²) in [6.45, 7) is 5.59. The molecule has 1 unspecified atom stereocenters. The molecule has 2 saturated heterocycles. The second-order valence-corrected chi connectivity index (χ2v) is 7.26. The highest BCUT2D eigenvalue weighted by molar-refractivity contribution is 5.85. The number of nitrogens with zero attached hydrogens (tertiary/aromatic N) is 3. The summed E-state index contributed by atoms with van der Waals surface area (Å²) in [5.41, 5.74) is 0.664. The van der Waals surface area contributed by atoms with Crippen LogP contribution in [0.1, 0.15) is 37.5 Å². The van der Waals surface area contributed by atoms with E-state index in [0.29, 0.717) is 17.3 Å². The van der Waals surface area contributed by atoms with Crippen molar-refractivity contribution in [3.63, 3.8) is 0 Å². The fraction of sp³-hybridized carbons (Fsp3) is 0.579. The zero-order valence-corrected chi connectivity index (χ0v) is 15.7. The maximum absolute atomic E-state index is 13.4. The third-order valence-corrected chi connectivity index (χ3v) is 5.35. The van der Waals surface area contributed by atoms with Crippen molar-refractivity contribution in [2.75, 3.05) is 32.7 Å². The Morgan fingerprint density at radius 3 is 2.88 bits per heavy atom. The number of piperidine rings is 2. The zero-order chi connectivity index (χ0) is 17.1. The average molecular weight is 381 g/mol. The van der Waals surface area contributed by atoms with Gasteiger partial charge in [0.25, 0.3) is 0 Å². The number of hydrogen-bond donors (Lipinski definition) is 1. The first kappa shape index (κ1) is 19.3. The lowest BCUT2D eigenvalue weighted by atomic mass is 9.93. The molecule has 2 aliphatic heterocycles. The topological polar surface area (TPSA) is 54.2 Å². The molecule has 0 aliphatic carbocycles. The second-order valence-electron chi connectivity index (χ2n) is 7.26. The lowest BCUT2D eigenvalue weighted by Gasteiger charge is -2.35. The zero-order valence-electron chi connectivity index (χ0n) is 14.9. The Labute approximate surface area is 159 Å². The van der Waals surface area contributed by atoms with Gasteiger partial charge in [-0.2, -0.15) is 4.98 Å².